The third kappa shape index (κ3) is 15.0. The lowest BCUT2D eigenvalue weighted by atomic mass is 9.89. The predicted octanol–water partition coefficient (Wildman–Crippen LogP) is 11.5. The SMILES string of the molecule is CCCCCCCCCCCC[C@@H](O[Si](C)(C)C(C)(C)C)[C@H]1CC[C@H]([C@H](O)CC[C@H](O)COS(=O)(=O)c2c(C(C)C)cc(C(C)C)cc2C(C)C)O1. The average Bonchev–Trinajstić information content (AvgIpc) is 3.56. The lowest BCUT2D eigenvalue weighted by Gasteiger charge is -2.41. The number of hydrogen-bond donors (Lipinski definition) is 2. The zero-order chi connectivity index (χ0) is 39.3. The van der Waals surface area contributed by atoms with E-state index in [2.05, 4.69) is 54.6 Å². The van der Waals surface area contributed by atoms with Gasteiger partial charge in [0, 0.05) is 0 Å². The molecule has 0 aliphatic carbocycles. The summed E-state index contributed by atoms with van der Waals surface area (Å²) in [7, 11) is -6.15. The van der Waals surface area contributed by atoms with E-state index in [0.29, 0.717) is 6.42 Å². The van der Waals surface area contributed by atoms with E-state index in [9.17, 15) is 18.6 Å². The maximum atomic E-state index is 13.6. The molecule has 0 bridgehead atoms. The monoisotopic (exact) mass is 769 g/mol. The van der Waals surface area contributed by atoms with Crippen LogP contribution in [0.25, 0.3) is 0 Å². The van der Waals surface area contributed by atoms with Crippen molar-refractivity contribution in [2.45, 2.75) is 237 Å². The third-order valence-corrected chi connectivity index (χ3v) is 17.5. The summed E-state index contributed by atoms with van der Waals surface area (Å²) in [5.74, 6) is 0.239. The minimum atomic E-state index is -4.12. The topological polar surface area (TPSA) is 102 Å². The van der Waals surface area contributed by atoms with Gasteiger partial charge < -0.3 is 19.4 Å². The summed E-state index contributed by atoms with van der Waals surface area (Å²) >= 11 is 0. The Bertz CT molecular complexity index is 1240. The van der Waals surface area contributed by atoms with E-state index in [1.54, 1.807) is 0 Å². The molecule has 1 fully saturated rings. The summed E-state index contributed by atoms with van der Waals surface area (Å²) in [4.78, 5) is 0.229. The molecule has 1 aromatic rings. The fraction of sp³-hybridized carbons (Fsp3) is 0.860. The minimum absolute atomic E-state index is 0.0115. The Balaban J connectivity index is 1.97. The predicted molar refractivity (Wildman–Crippen MR) is 220 cm³/mol. The van der Waals surface area contributed by atoms with E-state index < -0.39 is 30.6 Å². The molecule has 7 nitrogen and oxygen atoms in total. The number of unbranched alkanes of at least 4 members (excludes halogenated alkanes) is 9. The third-order valence-electron chi connectivity index (χ3n) is 11.6. The summed E-state index contributed by atoms with van der Waals surface area (Å²) in [6.45, 7) is 25.5. The molecule has 2 rings (SSSR count). The van der Waals surface area contributed by atoms with E-state index in [1.165, 1.54) is 57.8 Å². The van der Waals surface area contributed by atoms with E-state index in [1.807, 2.05) is 39.8 Å². The molecule has 0 saturated carbocycles. The van der Waals surface area contributed by atoms with Crippen LogP contribution in [0.3, 0.4) is 0 Å². The summed E-state index contributed by atoms with van der Waals surface area (Å²) in [6, 6.07) is 3.97. The number of benzene rings is 1. The van der Waals surface area contributed by atoms with Crippen LogP contribution < -0.4 is 0 Å². The number of rotatable bonds is 25. The Hall–Kier alpha value is -0.813. The highest BCUT2D eigenvalue weighted by molar-refractivity contribution is 7.86. The van der Waals surface area contributed by atoms with Crippen molar-refractivity contribution in [3.8, 4) is 0 Å². The van der Waals surface area contributed by atoms with Crippen molar-refractivity contribution >= 4 is 18.4 Å². The number of aliphatic hydroxyl groups is 2. The number of ether oxygens (including phenoxy) is 1. The fourth-order valence-electron chi connectivity index (χ4n) is 6.99. The first kappa shape index (κ1) is 47.3. The molecule has 1 aliphatic rings. The Morgan fingerprint density at radius 2 is 1.27 bits per heavy atom. The van der Waals surface area contributed by atoms with Gasteiger partial charge in [-0.15, -0.1) is 0 Å². The second kappa shape index (κ2) is 22.1. The molecule has 1 aromatic carbocycles. The Morgan fingerprint density at radius 3 is 1.75 bits per heavy atom. The Kier molecular flexibility index (Phi) is 20.1. The first-order valence-corrected chi connectivity index (χ1v) is 25.3. The van der Waals surface area contributed by atoms with Crippen LogP contribution in [0, 0.1) is 0 Å². The molecule has 52 heavy (non-hydrogen) atoms. The van der Waals surface area contributed by atoms with Crippen molar-refractivity contribution in [3.63, 3.8) is 0 Å². The summed E-state index contributed by atoms with van der Waals surface area (Å²) < 4.78 is 46.3. The number of hydrogen-bond acceptors (Lipinski definition) is 7. The number of aliphatic hydroxyl groups excluding tert-OH is 2. The lowest BCUT2D eigenvalue weighted by Crippen LogP contribution is -2.47. The fourth-order valence-corrected chi connectivity index (χ4v) is 9.99. The quantitative estimate of drug-likeness (QED) is 0.0580. The van der Waals surface area contributed by atoms with Crippen LogP contribution in [0.1, 0.15) is 200 Å². The average molecular weight is 769 g/mol. The van der Waals surface area contributed by atoms with Crippen molar-refractivity contribution < 1.29 is 32.0 Å². The van der Waals surface area contributed by atoms with Crippen LogP contribution in [0.5, 0.6) is 0 Å². The van der Waals surface area contributed by atoms with Crippen LogP contribution in [0.15, 0.2) is 17.0 Å². The molecular weight excluding hydrogens is 689 g/mol. The normalized spacial score (nSPS) is 19.2. The molecule has 0 spiro atoms. The van der Waals surface area contributed by atoms with Crippen molar-refractivity contribution in [3.05, 3.63) is 28.8 Å². The van der Waals surface area contributed by atoms with Gasteiger partial charge in [-0.3, -0.25) is 4.18 Å². The van der Waals surface area contributed by atoms with Crippen molar-refractivity contribution in [2.24, 2.45) is 0 Å². The van der Waals surface area contributed by atoms with Crippen LogP contribution in [-0.2, 0) is 23.5 Å². The molecule has 1 heterocycles. The molecule has 0 unspecified atom stereocenters. The van der Waals surface area contributed by atoms with Crippen LogP contribution in [0.2, 0.25) is 18.1 Å². The van der Waals surface area contributed by atoms with Gasteiger partial charge in [-0.2, -0.15) is 8.42 Å². The zero-order valence-electron chi connectivity index (χ0n) is 35.4. The maximum absolute atomic E-state index is 13.6. The lowest BCUT2D eigenvalue weighted by molar-refractivity contribution is -0.0773. The molecule has 0 radical (unpaired) electrons. The molecule has 9 heteroatoms. The highest BCUT2D eigenvalue weighted by Gasteiger charge is 2.43. The van der Waals surface area contributed by atoms with Gasteiger partial charge in [0.15, 0.2) is 8.32 Å². The standard InChI is InChI=1S/C43H80O7SSi/c1-13-14-15-16-17-18-19-20-21-22-23-41(50-52(11,12)43(8,9)10)40-27-26-39(49-40)38(45)25-24-35(44)30-48-51(46,47)42-36(32(4)5)28-34(31(2)3)29-37(42)33(6)7/h28-29,31-33,35,38-41,44-45H,13-27,30H2,1-12H3/t35-,38+,39+,40+,41+/m0/s1. The first-order valence-electron chi connectivity index (χ1n) is 21.0. The van der Waals surface area contributed by atoms with Gasteiger partial charge >= 0.3 is 0 Å². The van der Waals surface area contributed by atoms with Gasteiger partial charge in [0.1, 0.15) is 4.90 Å². The van der Waals surface area contributed by atoms with Gasteiger partial charge in [-0.1, -0.05) is 146 Å². The molecule has 1 aliphatic heterocycles. The maximum Gasteiger partial charge on any atom is 0.297 e. The second-order valence-electron chi connectivity index (χ2n) is 18.2. The van der Waals surface area contributed by atoms with Gasteiger partial charge in [0.05, 0.1) is 37.1 Å². The molecule has 1 saturated heterocycles. The van der Waals surface area contributed by atoms with Gasteiger partial charge in [-0.25, -0.2) is 0 Å². The van der Waals surface area contributed by atoms with Crippen molar-refractivity contribution in [1.82, 2.24) is 0 Å². The first-order chi connectivity index (χ1) is 24.2. The molecule has 0 aromatic heterocycles. The largest absolute Gasteiger partial charge is 0.411 e. The van der Waals surface area contributed by atoms with E-state index in [-0.39, 0.29) is 59.0 Å². The van der Waals surface area contributed by atoms with Gasteiger partial charge in [0.2, 0.25) is 0 Å². The second-order valence-corrected chi connectivity index (χ2v) is 24.5. The van der Waals surface area contributed by atoms with E-state index >= 15 is 0 Å². The van der Waals surface area contributed by atoms with E-state index in [0.717, 1.165) is 42.4 Å². The summed E-state index contributed by atoms with van der Waals surface area (Å²) in [6.07, 6.45) is 13.9. The van der Waals surface area contributed by atoms with Gasteiger partial charge in [-0.05, 0) is 84.7 Å². The molecule has 304 valence electrons. The van der Waals surface area contributed by atoms with E-state index in [4.69, 9.17) is 13.3 Å². The molecule has 2 N–H and O–H groups in total. The zero-order valence-corrected chi connectivity index (χ0v) is 37.2. The highest BCUT2D eigenvalue weighted by Crippen LogP contribution is 2.40. The van der Waals surface area contributed by atoms with Crippen LogP contribution >= 0.6 is 0 Å². The Morgan fingerprint density at radius 1 is 0.769 bits per heavy atom. The van der Waals surface area contributed by atoms with Crippen LogP contribution in [0.4, 0.5) is 0 Å². The summed E-state index contributed by atoms with van der Waals surface area (Å²) in [5, 5.41) is 22.1. The highest BCUT2D eigenvalue weighted by atomic mass is 32.2. The Labute approximate surface area is 321 Å². The molecule has 0 amide bonds. The van der Waals surface area contributed by atoms with Crippen molar-refractivity contribution in [2.75, 3.05) is 6.61 Å². The smallest absolute Gasteiger partial charge is 0.297 e. The molecular formula is C43H80O7SSi. The van der Waals surface area contributed by atoms with Gasteiger partial charge in [0.25, 0.3) is 10.1 Å². The minimum Gasteiger partial charge on any atom is -0.411 e. The van der Waals surface area contributed by atoms with Crippen LogP contribution in [-0.4, -0.2) is 64.1 Å². The van der Waals surface area contributed by atoms with Crippen molar-refractivity contribution in [1.29, 1.82) is 0 Å². The summed E-state index contributed by atoms with van der Waals surface area (Å²) in [5.41, 5.74) is 2.60. The molecule has 5 atom stereocenters.